The minimum Gasteiger partial charge on any atom is -0.350 e. The molecule has 0 aliphatic rings. The van der Waals surface area contributed by atoms with Crippen LogP contribution >= 0.6 is 0 Å². The first-order valence-corrected chi connectivity index (χ1v) is 11.9. The van der Waals surface area contributed by atoms with Gasteiger partial charge in [-0.3, -0.25) is 4.79 Å². The predicted octanol–water partition coefficient (Wildman–Crippen LogP) is 5.85. The molecule has 0 radical (unpaired) electrons. The Morgan fingerprint density at radius 2 is 1.81 bits per heavy atom. The summed E-state index contributed by atoms with van der Waals surface area (Å²) in [6.07, 6.45) is 5.52. The lowest BCUT2D eigenvalue weighted by Crippen LogP contribution is -2.12. The Balaban J connectivity index is 1.27. The van der Waals surface area contributed by atoms with Gasteiger partial charge in [0.25, 0.3) is 5.91 Å². The van der Waals surface area contributed by atoms with Crippen LogP contribution in [0, 0.1) is 18.8 Å². The van der Waals surface area contributed by atoms with Crippen LogP contribution in [0.15, 0.2) is 97.5 Å². The fourth-order valence-corrected chi connectivity index (χ4v) is 4.46. The lowest BCUT2D eigenvalue weighted by atomic mass is 10.0. The molecule has 3 heterocycles. The SMILES string of the molecule is Cc1ccc(C(=O)Nc2ccc3c(-c4ccccc4)cn(C)c3c2)cc1C#Cc1cnc2cccnn12. The minimum atomic E-state index is -0.184. The molecule has 0 saturated carbocycles. The predicted molar refractivity (Wildman–Crippen MR) is 146 cm³/mol. The first kappa shape index (κ1) is 22.3. The quantitative estimate of drug-likeness (QED) is 0.323. The number of carbonyl (C=O) groups is 1. The number of hydrogen-bond donors (Lipinski definition) is 1. The molecule has 0 spiro atoms. The number of amides is 1. The number of nitrogens with one attached hydrogen (secondary N) is 1. The fraction of sp³-hybridized carbons (Fsp3) is 0.0645. The molecular formula is C31H23N5O. The lowest BCUT2D eigenvalue weighted by Gasteiger charge is -2.08. The van der Waals surface area contributed by atoms with Crippen LogP contribution in [0.2, 0.25) is 0 Å². The van der Waals surface area contributed by atoms with Gasteiger partial charge in [-0.15, -0.1) is 0 Å². The average molecular weight is 482 g/mol. The van der Waals surface area contributed by atoms with Crippen molar-refractivity contribution in [3.8, 4) is 23.0 Å². The normalized spacial score (nSPS) is 10.9. The van der Waals surface area contributed by atoms with Gasteiger partial charge < -0.3 is 9.88 Å². The van der Waals surface area contributed by atoms with Gasteiger partial charge in [0.1, 0.15) is 5.69 Å². The number of anilines is 1. The summed E-state index contributed by atoms with van der Waals surface area (Å²) in [7, 11) is 2.02. The third-order valence-corrected chi connectivity index (χ3v) is 6.44. The highest BCUT2D eigenvalue weighted by atomic mass is 16.1. The molecule has 6 rings (SSSR count). The topological polar surface area (TPSA) is 64.2 Å². The molecule has 37 heavy (non-hydrogen) atoms. The van der Waals surface area contributed by atoms with E-state index in [0.29, 0.717) is 11.3 Å². The van der Waals surface area contributed by atoms with E-state index in [1.165, 1.54) is 5.56 Å². The van der Waals surface area contributed by atoms with Crippen molar-refractivity contribution >= 4 is 28.1 Å². The number of aryl methyl sites for hydroxylation is 2. The first-order valence-electron chi connectivity index (χ1n) is 11.9. The Kier molecular flexibility index (Phi) is 5.51. The second kappa shape index (κ2) is 9.14. The van der Waals surface area contributed by atoms with Crippen molar-refractivity contribution < 1.29 is 4.79 Å². The number of rotatable bonds is 3. The van der Waals surface area contributed by atoms with Crippen LogP contribution in [-0.4, -0.2) is 25.1 Å². The van der Waals surface area contributed by atoms with E-state index in [1.807, 2.05) is 74.6 Å². The number of carbonyl (C=O) groups excluding carboxylic acids is 1. The Bertz CT molecular complexity index is 1850. The van der Waals surface area contributed by atoms with E-state index in [2.05, 4.69) is 56.2 Å². The van der Waals surface area contributed by atoms with Crippen molar-refractivity contribution in [1.29, 1.82) is 0 Å². The Morgan fingerprint density at radius 1 is 0.946 bits per heavy atom. The van der Waals surface area contributed by atoms with Gasteiger partial charge in [0.2, 0.25) is 0 Å². The van der Waals surface area contributed by atoms with Gasteiger partial charge in [0, 0.05) is 47.2 Å². The summed E-state index contributed by atoms with van der Waals surface area (Å²) >= 11 is 0. The highest BCUT2D eigenvalue weighted by molar-refractivity contribution is 6.06. The number of benzene rings is 3. The van der Waals surface area contributed by atoms with Crippen molar-refractivity contribution in [3.05, 3.63) is 120 Å². The number of nitrogens with zero attached hydrogens (tertiary/aromatic N) is 4. The molecule has 3 aromatic carbocycles. The van der Waals surface area contributed by atoms with E-state index in [0.717, 1.165) is 38.9 Å². The van der Waals surface area contributed by atoms with Crippen LogP contribution in [0.5, 0.6) is 0 Å². The molecular weight excluding hydrogens is 458 g/mol. The van der Waals surface area contributed by atoms with Crippen LogP contribution in [0.3, 0.4) is 0 Å². The van der Waals surface area contributed by atoms with Crippen molar-refractivity contribution in [2.24, 2.45) is 7.05 Å². The molecule has 1 amide bonds. The van der Waals surface area contributed by atoms with Crippen molar-refractivity contribution in [3.63, 3.8) is 0 Å². The molecule has 0 saturated heterocycles. The van der Waals surface area contributed by atoms with E-state index in [9.17, 15) is 4.79 Å². The van der Waals surface area contributed by atoms with Gasteiger partial charge in [0.05, 0.1) is 11.7 Å². The Hall–Kier alpha value is -5.15. The largest absolute Gasteiger partial charge is 0.350 e. The summed E-state index contributed by atoms with van der Waals surface area (Å²) in [5.74, 6) is 6.13. The highest BCUT2D eigenvalue weighted by Gasteiger charge is 2.12. The summed E-state index contributed by atoms with van der Waals surface area (Å²) in [6.45, 7) is 1.98. The molecule has 178 valence electrons. The minimum absolute atomic E-state index is 0.184. The maximum absolute atomic E-state index is 13.1. The third-order valence-electron chi connectivity index (χ3n) is 6.44. The number of imidazole rings is 1. The zero-order valence-corrected chi connectivity index (χ0v) is 20.4. The van der Waals surface area contributed by atoms with Crippen LogP contribution in [0.25, 0.3) is 27.7 Å². The number of aromatic nitrogens is 4. The van der Waals surface area contributed by atoms with Crippen molar-refractivity contribution in [1.82, 2.24) is 19.2 Å². The summed E-state index contributed by atoms with van der Waals surface area (Å²) in [6, 6.07) is 25.6. The van der Waals surface area contributed by atoms with Crippen LogP contribution in [-0.2, 0) is 7.05 Å². The Morgan fingerprint density at radius 3 is 2.68 bits per heavy atom. The molecule has 3 aromatic heterocycles. The first-order chi connectivity index (χ1) is 18.1. The zero-order valence-electron chi connectivity index (χ0n) is 20.4. The molecule has 0 bridgehead atoms. The lowest BCUT2D eigenvalue weighted by molar-refractivity contribution is 0.102. The van der Waals surface area contributed by atoms with E-state index in [1.54, 1.807) is 16.9 Å². The van der Waals surface area contributed by atoms with Gasteiger partial charge in [-0.25, -0.2) is 9.50 Å². The second-order valence-electron chi connectivity index (χ2n) is 8.92. The van der Waals surface area contributed by atoms with Crippen molar-refractivity contribution in [2.45, 2.75) is 6.92 Å². The van der Waals surface area contributed by atoms with Crippen LogP contribution in [0.1, 0.15) is 27.2 Å². The van der Waals surface area contributed by atoms with Gasteiger partial charge in [-0.2, -0.15) is 5.10 Å². The van der Waals surface area contributed by atoms with E-state index in [4.69, 9.17) is 0 Å². The number of fused-ring (bicyclic) bond motifs is 2. The summed E-state index contributed by atoms with van der Waals surface area (Å²) in [5, 5.41) is 8.48. The molecule has 0 aliphatic heterocycles. The van der Waals surface area contributed by atoms with Gasteiger partial charge >= 0.3 is 0 Å². The van der Waals surface area contributed by atoms with Crippen LogP contribution in [0.4, 0.5) is 5.69 Å². The molecule has 0 aliphatic carbocycles. The molecule has 0 fully saturated rings. The molecule has 6 heteroatoms. The Labute approximate surface area is 214 Å². The highest BCUT2D eigenvalue weighted by Crippen LogP contribution is 2.31. The van der Waals surface area contributed by atoms with Gasteiger partial charge in [-0.05, 0) is 60.4 Å². The zero-order chi connectivity index (χ0) is 25.4. The third kappa shape index (κ3) is 4.24. The summed E-state index contributed by atoms with van der Waals surface area (Å²) in [5.41, 5.74) is 7.86. The van der Waals surface area contributed by atoms with Crippen molar-refractivity contribution in [2.75, 3.05) is 5.32 Å². The monoisotopic (exact) mass is 481 g/mol. The van der Waals surface area contributed by atoms with Gasteiger partial charge in [-0.1, -0.05) is 48.4 Å². The summed E-state index contributed by atoms with van der Waals surface area (Å²) < 4.78 is 3.78. The maximum atomic E-state index is 13.1. The smallest absolute Gasteiger partial charge is 0.255 e. The maximum Gasteiger partial charge on any atom is 0.255 e. The molecule has 0 unspecified atom stereocenters. The fourth-order valence-electron chi connectivity index (χ4n) is 4.46. The molecule has 0 atom stereocenters. The second-order valence-corrected chi connectivity index (χ2v) is 8.92. The summed E-state index contributed by atoms with van der Waals surface area (Å²) in [4.78, 5) is 17.5. The molecule has 6 aromatic rings. The van der Waals surface area contributed by atoms with E-state index in [-0.39, 0.29) is 5.91 Å². The van der Waals surface area contributed by atoms with E-state index < -0.39 is 0 Å². The van der Waals surface area contributed by atoms with E-state index >= 15 is 0 Å². The molecule has 1 N–H and O–H groups in total. The average Bonchev–Trinajstić information content (AvgIpc) is 3.49. The van der Waals surface area contributed by atoms with Crippen LogP contribution < -0.4 is 5.32 Å². The van der Waals surface area contributed by atoms with Gasteiger partial charge in [0.15, 0.2) is 5.65 Å². The molecule has 6 nitrogen and oxygen atoms in total. The number of hydrogen-bond acceptors (Lipinski definition) is 3. The standard InChI is InChI=1S/C31H23N5O/c1-21-10-11-24(17-23(21)12-14-26-19-32-30-9-6-16-33-36(26)30)31(37)34-25-13-15-27-28(20-35(2)29(27)18-25)22-7-4-3-5-8-22/h3-11,13,15-20H,1-2H3,(H,34,37).